The molecule has 5 aromatic rings. The van der Waals surface area contributed by atoms with Crippen LogP contribution in [0.2, 0.25) is 5.02 Å². The monoisotopic (exact) mass is 512 g/mol. The fourth-order valence-electron chi connectivity index (χ4n) is 3.59. The Morgan fingerprint density at radius 3 is 2.64 bits per heavy atom. The SMILES string of the molecule is Cc1c(C(=O)Nc2ccc(Oc3ccnc4[nH]ccc34)cc2)nnn1-c1ccc(Cl)c(C(F)(F)F)c1. The molecule has 0 aliphatic carbocycles. The summed E-state index contributed by atoms with van der Waals surface area (Å²) >= 11 is 5.69. The van der Waals surface area contributed by atoms with Crippen LogP contribution in [0.15, 0.2) is 67.0 Å². The van der Waals surface area contributed by atoms with Crippen LogP contribution in [0.25, 0.3) is 16.7 Å². The molecule has 0 aliphatic rings. The highest BCUT2D eigenvalue weighted by molar-refractivity contribution is 6.31. The maximum Gasteiger partial charge on any atom is 0.417 e. The maximum absolute atomic E-state index is 13.2. The fraction of sp³-hybridized carbons (Fsp3) is 0.0833. The van der Waals surface area contributed by atoms with Crippen molar-refractivity contribution in [1.29, 1.82) is 0 Å². The zero-order valence-corrected chi connectivity index (χ0v) is 19.2. The standard InChI is InChI=1S/C24H16ClF3N6O2/c1-13-21(32-33-34(13)15-4-7-19(25)18(12-15)24(26,27)28)23(35)31-14-2-5-16(6-3-14)36-20-9-11-30-22-17(20)8-10-29-22/h2-12H,1H3,(H,29,30)(H,31,35). The predicted octanol–water partition coefficient (Wildman–Crippen LogP) is 6.17. The van der Waals surface area contributed by atoms with Gasteiger partial charge in [0.05, 0.1) is 27.4 Å². The highest BCUT2D eigenvalue weighted by Gasteiger charge is 2.33. The van der Waals surface area contributed by atoms with Crippen LogP contribution in [0.1, 0.15) is 21.7 Å². The molecular weight excluding hydrogens is 497 g/mol. The average molecular weight is 513 g/mol. The summed E-state index contributed by atoms with van der Waals surface area (Å²) < 4.78 is 46.7. The number of H-pyrrole nitrogens is 1. The lowest BCUT2D eigenvalue weighted by molar-refractivity contribution is -0.137. The summed E-state index contributed by atoms with van der Waals surface area (Å²) in [5.41, 5.74) is 0.460. The van der Waals surface area contributed by atoms with Crippen LogP contribution in [-0.2, 0) is 6.18 Å². The molecule has 182 valence electrons. The van der Waals surface area contributed by atoms with Gasteiger partial charge in [-0.3, -0.25) is 4.79 Å². The molecular formula is C24H16ClF3N6O2. The second-order valence-electron chi connectivity index (χ2n) is 7.73. The number of rotatable bonds is 5. The van der Waals surface area contributed by atoms with Gasteiger partial charge in [-0.05, 0) is 61.5 Å². The maximum atomic E-state index is 13.2. The molecule has 0 saturated heterocycles. The summed E-state index contributed by atoms with van der Waals surface area (Å²) in [4.78, 5) is 20.0. The molecule has 36 heavy (non-hydrogen) atoms. The van der Waals surface area contributed by atoms with Crippen molar-refractivity contribution in [3.63, 3.8) is 0 Å². The number of carbonyl (C=O) groups is 1. The Hall–Kier alpha value is -4.38. The molecule has 0 saturated carbocycles. The van der Waals surface area contributed by atoms with Crippen LogP contribution < -0.4 is 10.1 Å². The van der Waals surface area contributed by atoms with Crippen molar-refractivity contribution in [2.45, 2.75) is 13.1 Å². The first-order valence-electron chi connectivity index (χ1n) is 10.5. The minimum Gasteiger partial charge on any atom is -0.457 e. The molecule has 2 N–H and O–H groups in total. The molecule has 0 atom stereocenters. The van der Waals surface area contributed by atoms with Crippen LogP contribution in [-0.4, -0.2) is 30.9 Å². The molecule has 1 amide bonds. The third-order valence-corrected chi connectivity index (χ3v) is 5.70. The number of hydrogen-bond donors (Lipinski definition) is 2. The topological polar surface area (TPSA) is 97.7 Å². The van der Waals surface area contributed by atoms with Crippen molar-refractivity contribution in [1.82, 2.24) is 25.0 Å². The van der Waals surface area contributed by atoms with E-state index in [4.69, 9.17) is 16.3 Å². The summed E-state index contributed by atoms with van der Waals surface area (Å²) in [7, 11) is 0. The van der Waals surface area contributed by atoms with Crippen LogP contribution in [0.4, 0.5) is 18.9 Å². The Balaban J connectivity index is 1.32. The molecule has 0 spiro atoms. The Labute approximate surface area is 206 Å². The van der Waals surface area contributed by atoms with Crippen molar-refractivity contribution < 1.29 is 22.7 Å². The Kier molecular flexibility index (Phi) is 5.84. The van der Waals surface area contributed by atoms with Gasteiger partial charge in [-0.2, -0.15) is 13.2 Å². The zero-order chi connectivity index (χ0) is 25.4. The summed E-state index contributed by atoms with van der Waals surface area (Å²) in [5.74, 6) is 0.605. The van der Waals surface area contributed by atoms with E-state index in [2.05, 4.69) is 25.6 Å². The Morgan fingerprint density at radius 2 is 1.89 bits per heavy atom. The van der Waals surface area contributed by atoms with Gasteiger partial charge in [0.2, 0.25) is 0 Å². The average Bonchev–Trinajstić information content (AvgIpc) is 3.47. The lowest BCUT2D eigenvalue weighted by Gasteiger charge is -2.11. The van der Waals surface area contributed by atoms with Crippen molar-refractivity contribution >= 4 is 34.2 Å². The summed E-state index contributed by atoms with van der Waals surface area (Å²) in [6, 6.07) is 13.6. The summed E-state index contributed by atoms with van der Waals surface area (Å²) in [5, 5.41) is 10.8. The predicted molar refractivity (Wildman–Crippen MR) is 127 cm³/mol. The molecule has 3 heterocycles. The second kappa shape index (κ2) is 9.00. The number of ether oxygens (including phenoxy) is 1. The largest absolute Gasteiger partial charge is 0.457 e. The van der Waals surface area contributed by atoms with Gasteiger partial charge < -0.3 is 15.0 Å². The van der Waals surface area contributed by atoms with Crippen molar-refractivity contribution in [3.05, 3.63) is 89.0 Å². The first-order chi connectivity index (χ1) is 17.2. The van der Waals surface area contributed by atoms with Gasteiger partial charge in [-0.15, -0.1) is 5.10 Å². The van der Waals surface area contributed by atoms with Crippen molar-refractivity contribution in [2.24, 2.45) is 0 Å². The number of alkyl halides is 3. The minimum atomic E-state index is -4.64. The quantitative estimate of drug-likeness (QED) is 0.293. The molecule has 3 aromatic heterocycles. The first kappa shape index (κ1) is 23.4. The Bertz CT molecular complexity index is 1580. The minimum absolute atomic E-state index is 0.0366. The number of pyridine rings is 1. The van der Waals surface area contributed by atoms with E-state index in [1.54, 1.807) is 42.7 Å². The number of aromatic nitrogens is 5. The van der Waals surface area contributed by atoms with Crippen LogP contribution in [0.5, 0.6) is 11.5 Å². The molecule has 8 nitrogen and oxygen atoms in total. The number of carbonyl (C=O) groups excluding carboxylic acids is 1. The molecule has 2 aromatic carbocycles. The number of amides is 1. The van der Waals surface area contributed by atoms with Gasteiger partial charge in [0.15, 0.2) is 5.69 Å². The number of aromatic amines is 1. The highest BCUT2D eigenvalue weighted by atomic mass is 35.5. The first-order valence-corrected chi connectivity index (χ1v) is 10.9. The fourth-order valence-corrected chi connectivity index (χ4v) is 3.82. The van der Waals surface area contributed by atoms with E-state index >= 15 is 0 Å². The van der Waals surface area contributed by atoms with E-state index < -0.39 is 22.7 Å². The Morgan fingerprint density at radius 1 is 1.11 bits per heavy atom. The van der Waals surface area contributed by atoms with Gasteiger partial charge in [0.25, 0.3) is 5.91 Å². The summed E-state index contributed by atoms with van der Waals surface area (Å²) in [6.07, 6.45) is -1.24. The molecule has 5 rings (SSSR count). The van der Waals surface area contributed by atoms with Gasteiger partial charge in [-0.25, -0.2) is 9.67 Å². The van der Waals surface area contributed by atoms with Gasteiger partial charge >= 0.3 is 6.18 Å². The molecule has 12 heteroatoms. The smallest absolute Gasteiger partial charge is 0.417 e. The zero-order valence-electron chi connectivity index (χ0n) is 18.5. The molecule has 0 aliphatic heterocycles. The number of benzene rings is 2. The van der Waals surface area contributed by atoms with Crippen LogP contribution in [0.3, 0.4) is 0 Å². The van der Waals surface area contributed by atoms with E-state index in [0.717, 1.165) is 22.2 Å². The number of nitrogens with zero attached hydrogens (tertiary/aromatic N) is 4. The summed E-state index contributed by atoms with van der Waals surface area (Å²) in [6.45, 7) is 1.53. The van der Waals surface area contributed by atoms with E-state index in [9.17, 15) is 18.0 Å². The van der Waals surface area contributed by atoms with Gasteiger partial charge in [-0.1, -0.05) is 16.8 Å². The van der Waals surface area contributed by atoms with Crippen molar-refractivity contribution in [3.8, 4) is 17.2 Å². The molecule has 0 fully saturated rings. The third-order valence-electron chi connectivity index (χ3n) is 5.37. The molecule has 0 radical (unpaired) electrons. The van der Waals surface area contributed by atoms with Gasteiger partial charge in [0, 0.05) is 18.1 Å². The van der Waals surface area contributed by atoms with Crippen LogP contribution >= 0.6 is 11.6 Å². The lowest BCUT2D eigenvalue weighted by Crippen LogP contribution is -2.14. The second-order valence-corrected chi connectivity index (χ2v) is 8.13. The number of fused-ring (bicyclic) bond motifs is 1. The van der Waals surface area contributed by atoms with Crippen LogP contribution in [0, 0.1) is 6.92 Å². The van der Waals surface area contributed by atoms with E-state index in [1.807, 2.05) is 6.07 Å². The number of anilines is 1. The molecule has 0 bridgehead atoms. The van der Waals surface area contributed by atoms with Crippen molar-refractivity contribution in [2.75, 3.05) is 5.32 Å². The number of halogens is 4. The lowest BCUT2D eigenvalue weighted by atomic mass is 10.2. The third kappa shape index (κ3) is 4.48. The van der Waals surface area contributed by atoms with E-state index in [1.165, 1.54) is 13.0 Å². The van der Waals surface area contributed by atoms with E-state index in [-0.39, 0.29) is 17.1 Å². The molecule has 0 unspecified atom stereocenters. The number of hydrogen-bond acceptors (Lipinski definition) is 5. The van der Waals surface area contributed by atoms with E-state index in [0.29, 0.717) is 22.8 Å². The normalized spacial score (nSPS) is 11.6. The number of nitrogens with one attached hydrogen (secondary N) is 2. The highest BCUT2D eigenvalue weighted by Crippen LogP contribution is 2.36. The van der Waals surface area contributed by atoms with Gasteiger partial charge in [0.1, 0.15) is 17.1 Å².